The average Bonchev–Trinajstić information content (AvgIpc) is 3.15. The minimum absolute atomic E-state index is 0.317. The van der Waals surface area contributed by atoms with Crippen LogP contribution in [0.15, 0.2) is 42.5 Å². The zero-order valence-corrected chi connectivity index (χ0v) is 16.6. The molecule has 7 heteroatoms. The molecule has 148 valence electrons. The fourth-order valence-electron chi connectivity index (χ4n) is 2.83. The van der Waals surface area contributed by atoms with E-state index in [1.54, 1.807) is 16.8 Å². The number of benzene rings is 2. The highest BCUT2D eigenvalue weighted by molar-refractivity contribution is 7.21. The van der Waals surface area contributed by atoms with Crippen molar-refractivity contribution >= 4 is 27.5 Å². The van der Waals surface area contributed by atoms with Gasteiger partial charge in [0.2, 0.25) is 5.91 Å². The van der Waals surface area contributed by atoms with Crippen molar-refractivity contribution < 1.29 is 19.5 Å². The zero-order chi connectivity index (χ0) is 19.8. The first-order valence-corrected chi connectivity index (χ1v) is 10.2. The number of rotatable bonds is 10. The van der Waals surface area contributed by atoms with Crippen LogP contribution in [0.2, 0.25) is 0 Å². The molecular formula is C21H24N2O4S. The second-order valence-electron chi connectivity index (χ2n) is 6.28. The van der Waals surface area contributed by atoms with Gasteiger partial charge in [-0.1, -0.05) is 12.1 Å². The number of fused-ring (bicyclic) bond motifs is 1. The molecule has 0 bridgehead atoms. The molecular weight excluding hydrogens is 376 g/mol. The molecule has 2 N–H and O–H groups in total. The molecule has 0 aliphatic carbocycles. The summed E-state index contributed by atoms with van der Waals surface area (Å²) in [5.74, 6) is 1.06. The van der Waals surface area contributed by atoms with E-state index in [4.69, 9.17) is 19.7 Å². The zero-order valence-electron chi connectivity index (χ0n) is 15.8. The number of aromatic nitrogens is 1. The molecule has 1 heterocycles. The monoisotopic (exact) mass is 400 g/mol. The van der Waals surface area contributed by atoms with Gasteiger partial charge < -0.3 is 9.47 Å². The summed E-state index contributed by atoms with van der Waals surface area (Å²) in [5.41, 5.74) is 3.64. The fraction of sp³-hybridized carbons (Fsp3) is 0.333. The Labute approximate surface area is 168 Å². The molecule has 3 rings (SSSR count). The number of unbranched alkanes of at least 4 members (excludes halogenated alkanes) is 2. The van der Waals surface area contributed by atoms with E-state index in [9.17, 15) is 4.79 Å². The van der Waals surface area contributed by atoms with Crippen molar-refractivity contribution in [2.24, 2.45) is 0 Å². The van der Waals surface area contributed by atoms with Gasteiger partial charge in [0.05, 0.1) is 23.4 Å². The van der Waals surface area contributed by atoms with Gasteiger partial charge in [0, 0.05) is 12.0 Å². The summed E-state index contributed by atoms with van der Waals surface area (Å²) < 4.78 is 12.8. The molecule has 0 atom stereocenters. The number of nitrogens with one attached hydrogen (secondary N) is 1. The van der Waals surface area contributed by atoms with Crippen molar-refractivity contribution in [2.45, 2.75) is 32.6 Å². The highest BCUT2D eigenvalue weighted by Crippen LogP contribution is 2.36. The van der Waals surface area contributed by atoms with E-state index in [-0.39, 0.29) is 5.91 Å². The maximum atomic E-state index is 11.0. The van der Waals surface area contributed by atoms with E-state index in [1.807, 2.05) is 43.3 Å². The van der Waals surface area contributed by atoms with E-state index < -0.39 is 0 Å². The van der Waals surface area contributed by atoms with Crippen LogP contribution in [0.3, 0.4) is 0 Å². The standard InChI is InChI=1S/C21H24N2O4S/c1-2-26-18-14-15(21-22-16-8-5-6-9-19(16)28-21)11-12-17(18)27-13-7-3-4-10-20(24)23-25/h5-6,8-9,11-12,14,25H,2-4,7,10,13H2,1H3,(H,23,24). The second kappa shape index (κ2) is 10.1. The Kier molecular flexibility index (Phi) is 7.22. The van der Waals surface area contributed by atoms with Gasteiger partial charge in [-0.05, 0) is 56.5 Å². The van der Waals surface area contributed by atoms with Gasteiger partial charge in [-0.25, -0.2) is 10.5 Å². The van der Waals surface area contributed by atoms with E-state index in [0.717, 1.165) is 33.6 Å². The normalized spacial score (nSPS) is 10.8. The Bertz CT molecular complexity index is 893. The van der Waals surface area contributed by atoms with E-state index in [0.29, 0.717) is 37.6 Å². The third-order valence-corrected chi connectivity index (χ3v) is 5.30. The minimum atomic E-state index is -0.356. The highest BCUT2D eigenvalue weighted by atomic mass is 32.1. The molecule has 0 spiro atoms. The largest absolute Gasteiger partial charge is 0.490 e. The molecule has 1 amide bonds. The summed E-state index contributed by atoms with van der Waals surface area (Å²) in [5, 5.41) is 9.43. The molecule has 0 saturated carbocycles. The van der Waals surface area contributed by atoms with Crippen LogP contribution in [0.4, 0.5) is 0 Å². The first-order valence-electron chi connectivity index (χ1n) is 9.39. The minimum Gasteiger partial charge on any atom is -0.490 e. The van der Waals surface area contributed by atoms with Crippen LogP contribution in [0.5, 0.6) is 11.5 Å². The number of para-hydroxylation sites is 1. The molecule has 0 fully saturated rings. The first kappa shape index (κ1) is 20.1. The molecule has 3 aromatic rings. The van der Waals surface area contributed by atoms with Gasteiger partial charge in [-0.2, -0.15) is 0 Å². The van der Waals surface area contributed by atoms with Crippen molar-refractivity contribution in [3.05, 3.63) is 42.5 Å². The number of carbonyl (C=O) groups is 1. The number of carbonyl (C=O) groups excluding carboxylic acids is 1. The van der Waals surface area contributed by atoms with Crippen LogP contribution in [-0.2, 0) is 4.79 Å². The van der Waals surface area contributed by atoms with Crippen LogP contribution >= 0.6 is 11.3 Å². The van der Waals surface area contributed by atoms with Gasteiger partial charge in [-0.3, -0.25) is 10.0 Å². The predicted molar refractivity (Wildman–Crippen MR) is 110 cm³/mol. The van der Waals surface area contributed by atoms with Gasteiger partial charge in [-0.15, -0.1) is 11.3 Å². The summed E-state index contributed by atoms with van der Waals surface area (Å²) >= 11 is 1.66. The van der Waals surface area contributed by atoms with Crippen molar-refractivity contribution in [3.63, 3.8) is 0 Å². The van der Waals surface area contributed by atoms with Crippen LogP contribution in [0.1, 0.15) is 32.6 Å². The molecule has 0 aliphatic rings. The summed E-state index contributed by atoms with van der Waals surface area (Å²) in [6.45, 7) is 3.04. The quantitative estimate of drug-likeness (QED) is 0.290. The lowest BCUT2D eigenvalue weighted by Crippen LogP contribution is -2.17. The lowest BCUT2D eigenvalue weighted by molar-refractivity contribution is -0.129. The van der Waals surface area contributed by atoms with Gasteiger partial charge >= 0.3 is 0 Å². The Morgan fingerprint density at radius 3 is 2.75 bits per heavy atom. The van der Waals surface area contributed by atoms with Gasteiger partial charge in [0.25, 0.3) is 0 Å². The summed E-state index contributed by atoms with van der Waals surface area (Å²) in [6.07, 6.45) is 2.70. The topological polar surface area (TPSA) is 80.7 Å². The number of hydrogen-bond acceptors (Lipinski definition) is 6. The number of nitrogens with zero attached hydrogens (tertiary/aromatic N) is 1. The Morgan fingerprint density at radius 1 is 1.11 bits per heavy atom. The molecule has 2 aromatic carbocycles. The molecule has 28 heavy (non-hydrogen) atoms. The molecule has 0 aliphatic heterocycles. The Morgan fingerprint density at radius 2 is 1.96 bits per heavy atom. The van der Waals surface area contributed by atoms with Crippen molar-refractivity contribution in [2.75, 3.05) is 13.2 Å². The van der Waals surface area contributed by atoms with Crippen LogP contribution in [-0.4, -0.2) is 29.3 Å². The smallest absolute Gasteiger partial charge is 0.243 e. The number of amides is 1. The fourth-order valence-corrected chi connectivity index (χ4v) is 3.79. The Hall–Kier alpha value is -2.64. The number of ether oxygens (including phenoxy) is 2. The van der Waals surface area contributed by atoms with Crippen molar-refractivity contribution in [1.29, 1.82) is 0 Å². The van der Waals surface area contributed by atoms with Crippen LogP contribution < -0.4 is 15.0 Å². The first-order chi connectivity index (χ1) is 13.7. The number of hydroxylamine groups is 1. The van der Waals surface area contributed by atoms with Crippen molar-refractivity contribution in [1.82, 2.24) is 10.5 Å². The van der Waals surface area contributed by atoms with Gasteiger partial charge in [0.15, 0.2) is 11.5 Å². The van der Waals surface area contributed by atoms with Gasteiger partial charge in [0.1, 0.15) is 5.01 Å². The van der Waals surface area contributed by atoms with Crippen molar-refractivity contribution in [3.8, 4) is 22.1 Å². The maximum Gasteiger partial charge on any atom is 0.243 e. The second-order valence-corrected chi connectivity index (χ2v) is 7.31. The van der Waals surface area contributed by atoms with E-state index in [1.165, 1.54) is 0 Å². The summed E-state index contributed by atoms with van der Waals surface area (Å²) in [7, 11) is 0. The third kappa shape index (κ3) is 5.21. The van der Waals surface area contributed by atoms with Crippen LogP contribution in [0.25, 0.3) is 20.8 Å². The third-order valence-electron chi connectivity index (χ3n) is 4.21. The Balaban J connectivity index is 1.63. The molecule has 0 radical (unpaired) electrons. The summed E-state index contributed by atoms with van der Waals surface area (Å²) in [4.78, 5) is 15.7. The molecule has 6 nitrogen and oxygen atoms in total. The molecule has 0 saturated heterocycles. The predicted octanol–water partition coefficient (Wildman–Crippen LogP) is 4.81. The highest BCUT2D eigenvalue weighted by Gasteiger charge is 2.11. The average molecular weight is 401 g/mol. The lowest BCUT2D eigenvalue weighted by Gasteiger charge is -2.13. The lowest BCUT2D eigenvalue weighted by atomic mass is 10.2. The SMILES string of the molecule is CCOc1cc(-c2nc3ccccc3s2)ccc1OCCCCCC(=O)NO. The van der Waals surface area contributed by atoms with E-state index in [2.05, 4.69) is 6.07 Å². The summed E-state index contributed by atoms with van der Waals surface area (Å²) in [6, 6.07) is 14.0. The maximum absolute atomic E-state index is 11.0. The number of hydrogen-bond donors (Lipinski definition) is 2. The number of thiazole rings is 1. The van der Waals surface area contributed by atoms with E-state index >= 15 is 0 Å². The molecule has 0 unspecified atom stereocenters. The molecule has 1 aromatic heterocycles. The van der Waals surface area contributed by atoms with Crippen LogP contribution in [0, 0.1) is 0 Å².